The quantitative estimate of drug-likeness (QED) is 0.0875. The summed E-state index contributed by atoms with van der Waals surface area (Å²) in [6.45, 7) is 6.26. The number of benzene rings is 3. The second-order valence-electron chi connectivity index (χ2n) is 13.4. The Labute approximate surface area is 319 Å². The molecule has 2 N–H and O–H groups in total. The Hall–Kier alpha value is -4.13. The summed E-state index contributed by atoms with van der Waals surface area (Å²) in [6, 6.07) is 20.7. The molecule has 0 aromatic heterocycles. The van der Waals surface area contributed by atoms with Gasteiger partial charge in [-0.3, -0.25) is 0 Å². The fourth-order valence-corrected chi connectivity index (χ4v) is 9.44. The molecule has 3 atom stereocenters. The molecular formula is C41H44FINO9-. The van der Waals surface area contributed by atoms with Crippen molar-refractivity contribution in [3.8, 4) is 11.8 Å². The van der Waals surface area contributed by atoms with Gasteiger partial charge in [0.2, 0.25) is 0 Å². The number of anilines is 1. The van der Waals surface area contributed by atoms with E-state index in [4.69, 9.17) is 18.9 Å². The van der Waals surface area contributed by atoms with Crippen LogP contribution in [-0.2, 0) is 33.3 Å². The number of β-lactam (4-membered cyclic amide) rings is 1. The number of hydrogen-bond acceptors (Lipinski definition) is 9. The molecule has 2 aliphatic rings. The van der Waals surface area contributed by atoms with Gasteiger partial charge in [0.25, 0.3) is 0 Å². The summed E-state index contributed by atoms with van der Waals surface area (Å²) in [5, 5.41) is 18.6. The fourth-order valence-electron chi connectivity index (χ4n) is 5.85. The summed E-state index contributed by atoms with van der Waals surface area (Å²) >= 11 is -0.871. The Balaban J connectivity index is 1.39. The Morgan fingerprint density at radius 2 is 1.62 bits per heavy atom. The minimum absolute atomic E-state index is 0.0384. The Morgan fingerprint density at radius 3 is 2.21 bits per heavy atom. The maximum atomic E-state index is 13.9. The molecule has 2 heterocycles. The number of carbonyl (C=O) groups excluding carboxylic acids is 3. The molecule has 0 unspecified atom stereocenters. The topological polar surface area (TPSA) is 132 Å². The van der Waals surface area contributed by atoms with Gasteiger partial charge in [-0.05, 0) is 13.8 Å². The number of rotatable bonds is 13. The maximum absolute atomic E-state index is 13.9. The molecule has 2 aliphatic heterocycles. The normalized spacial score (nSPS) is 19.7. The Kier molecular flexibility index (Phi) is 13.5. The van der Waals surface area contributed by atoms with Crippen molar-refractivity contribution >= 4 is 29.6 Å². The van der Waals surface area contributed by atoms with Crippen LogP contribution >= 0.6 is 0 Å². The number of alkyl halides is 2. The molecule has 282 valence electrons. The van der Waals surface area contributed by atoms with Crippen molar-refractivity contribution in [2.75, 3.05) is 35.8 Å². The van der Waals surface area contributed by atoms with E-state index in [1.165, 1.54) is 26.0 Å². The van der Waals surface area contributed by atoms with Crippen molar-refractivity contribution < 1.29 is 69.1 Å². The minimum atomic E-state index is -1.08. The van der Waals surface area contributed by atoms with Crippen LogP contribution in [-0.4, -0.2) is 74.2 Å². The monoisotopic (exact) mass is 840 g/mol. The van der Waals surface area contributed by atoms with E-state index < -0.39 is 56.5 Å². The van der Waals surface area contributed by atoms with E-state index in [9.17, 15) is 29.0 Å². The number of amides is 1. The molecule has 10 nitrogen and oxygen atoms in total. The first-order valence-corrected chi connectivity index (χ1v) is 20.0. The van der Waals surface area contributed by atoms with Gasteiger partial charge < -0.3 is 10.2 Å². The van der Waals surface area contributed by atoms with E-state index >= 15 is 0 Å². The predicted octanol–water partition coefficient (Wildman–Crippen LogP) is 2.12. The van der Waals surface area contributed by atoms with Crippen LogP contribution in [0.2, 0.25) is 0 Å². The number of aliphatic hydroxyl groups is 2. The molecule has 0 bridgehead atoms. The molecule has 12 heteroatoms. The molecule has 0 saturated carbocycles. The molecular weight excluding hydrogens is 796 g/mol. The summed E-state index contributed by atoms with van der Waals surface area (Å²) in [6.07, 6.45) is 3.37. The standard InChI is InChI=1S/C41H44FINO9/c1-27(47)52-36(32-14-16-34(42)17-15-32)22-43-37-38(44(39(37)49)35-18-10-29(11-19-35)6-5-7-31(23-45)24-46)33-12-8-30(9-13-33)20-21-41(53-28(2)48)25-50-40(3,4)51-26-41/h8-21,31,36-38,45-46H,7,22-26H2,1-4H3/q-1/b21-20+/t36-,37+,38+/m0/s1. The molecule has 2 fully saturated rings. The molecule has 0 spiro atoms. The van der Waals surface area contributed by atoms with Crippen LogP contribution in [0.3, 0.4) is 0 Å². The van der Waals surface area contributed by atoms with E-state index in [1.807, 2.05) is 54.6 Å². The van der Waals surface area contributed by atoms with Crippen LogP contribution in [0.4, 0.5) is 10.1 Å². The third-order valence-electron chi connectivity index (χ3n) is 8.79. The van der Waals surface area contributed by atoms with E-state index in [0.717, 1.165) is 16.7 Å². The van der Waals surface area contributed by atoms with Crippen LogP contribution in [0.1, 0.15) is 68.5 Å². The van der Waals surface area contributed by atoms with Gasteiger partial charge in [-0.1, -0.05) is 0 Å². The van der Waals surface area contributed by atoms with Crippen LogP contribution in [0.5, 0.6) is 0 Å². The van der Waals surface area contributed by atoms with Gasteiger partial charge in [-0.25, -0.2) is 0 Å². The van der Waals surface area contributed by atoms with Gasteiger partial charge in [-0.15, -0.1) is 0 Å². The molecule has 1 amide bonds. The van der Waals surface area contributed by atoms with Crippen molar-refractivity contribution in [3.05, 3.63) is 107 Å². The Morgan fingerprint density at radius 1 is 0.981 bits per heavy atom. The first-order valence-electron chi connectivity index (χ1n) is 17.2. The van der Waals surface area contributed by atoms with Gasteiger partial charge in [0.05, 0.1) is 0 Å². The second kappa shape index (κ2) is 17.8. The zero-order valence-corrected chi connectivity index (χ0v) is 32.2. The van der Waals surface area contributed by atoms with Gasteiger partial charge in [0.1, 0.15) is 0 Å². The summed E-state index contributed by atoms with van der Waals surface area (Å²) in [5.74, 6) is 3.61. The van der Waals surface area contributed by atoms with E-state index in [-0.39, 0.29) is 48.2 Å². The molecule has 3 aromatic carbocycles. The molecule has 0 radical (unpaired) electrons. The summed E-state index contributed by atoms with van der Waals surface area (Å²) < 4.78 is 36.7. The van der Waals surface area contributed by atoms with Crippen LogP contribution in [0.15, 0.2) is 78.9 Å². The van der Waals surface area contributed by atoms with Gasteiger partial charge >= 0.3 is 297 Å². The second-order valence-corrected chi connectivity index (χ2v) is 16.5. The molecule has 3 aromatic rings. The average Bonchev–Trinajstić information content (AvgIpc) is 3.13. The van der Waals surface area contributed by atoms with E-state index in [2.05, 4.69) is 11.8 Å². The van der Waals surface area contributed by atoms with Crippen molar-refractivity contribution in [1.29, 1.82) is 0 Å². The zero-order chi connectivity index (χ0) is 38.2. The SMILES string of the molecule is CC(=O)O[C@@H](C[I-][C@H]1C(=O)N(c2ccc(C#CCC(CO)CO)cc2)[C@@H]1c1ccc(/C=C/C2(OC(C)=O)COC(C)(C)OC2)cc1)c1ccc(F)cc1. The number of hydrogen-bond donors (Lipinski definition) is 2. The summed E-state index contributed by atoms with van der Waals surface area (Å²) in [5.41, 5.74) is 2.79. The fraction of sp³-hybridized carbons (Fsp3) is 0.390. The van der Waals surface area contributed by atoms with Gasteiger partial charge in [0, 0.05) is 0 Å². The molecule has 53 heavy (non-hydrogen) atoms. The predicted molar refractivity (Wildman–Crippen MR) is 191 cm³/mol. The number of carbonyl (C=O) groups is 3. The van der Waals surface area contributed by atoms with Gasteiger partial charge in [-0.2, -0.15) is 0 Å². The number of aliphatic hydroxyl groups excluding tert-OH is 2. The average molecular weight is 841 g/mol. The number of nitrogens with zero attached hydrogens (tertiary/aromatic N) is 1. The zero-order valence-electron chi connectivity index (χ0n) is 30.1. The van der Waals surface area contributed by atoms with Crippen molar-refractivity contribution in [2.24, 2.45) is 5.92 Å². The van der Waals surface area contributed by atoms with Crippen molar-refractivity contribution in [3.63, 3.8) is 0 Å². The van der Waals surface area contributed by atoms with Crippen molar-refractivity contribution in [1.82, 2.24) is 0 Å². The number of ether oxygens (including phenoxy) is 4. The third kappa shape index (κ3) is 10.5. The third-order valence-corrected chi connectivity index (χ3v) is 12.3. The first kappa shape index (κ1) is 40.1. The first-order chi connectivity index (χ1) is 25.3. The van der Waals surface area contributed by atoms with E-state index in [0.29, 0.717) is 22.1 Å². The summed E-state index contributed by atoms with van der Waals surface area (Å²) in [4.78, 5) is 39.7. The van der Waals surface area contributed by atoms with Crippen LogP contribution < -0.4 is 26.1 Å². The van der Waals surface area contributed by atoms with Crippen molar-refractivity contribution in [2.45, 2.75) is 61.6 Å². The number of halogens is 2. The molecule has 5 rings (SSSR count). The Bertz CT molecular complexity index is 1820. The molecule has 0 aliphatic carbocycles. The van der Waals surface area contributed by atoms with Crippen LogP contribution in [0, 0.1) is 23.6 Å². The molecule has 2 saturated heterocycles. The number of esters is 2. The van der Waals surface area contributed by atoms with E-state index in [1.54, 1.807) is 37.0 Å². The summed E-state index contributed by atoms with van der Waals surface area (Å²) in [7, 11) is 0. The van der Waals surface area contributed by atoms with Crippen LogP contribution in [0.25, 0.3) is 6.08 Å². The van der Waals surface area contributed by atoms with Gasteiger partial charge in [0.15, 0.2) is 0 Å².